The molecule has 2 aliphatic rings. The first kappa shape index (κ1) is 54.0. The zero-order valence-electron chi connectivity index (χ0n) is 47.7. The molecular formula is C66H80N12. The minimum absolute atomic E-state index is 0.521. The first-order valence-electron chi connectivity index (χ1n) is 29.5. The molecule has 0 amide bonds. The minimum atomic E-state index is 0.521. The van der Waals surface area contributed by atoms with E-state index < -0.39 is 0 Å². The number of fused-ring (bicyclic) bond motifs is 17. The van der Waals surface area contributed by atoms with Gasteiger partial charge in [-0.25, -0.2) is 29.9 Å². The van der Waals surface area contributed by atoms with Crippen LogP contribution in [0.4, 0.5) is 11.4 Å². The maximum Gasteiger partial charge on any atom is 0.164 e. The number of aryl methyl sites for hydroxylation is 6. The number of hydrogen-bond acceptors (Lipinski definition) is 10. The van der Waals surface area contributed by atoms with Crippen molar-refractivity contribution in [2.45, 2.75) is 170 Å². The molecule has 78 heavy (non-hydrogen) atoms. The van der Waals surface area contributed by atoms with Crippen LogP contribution in [-0.4, -0.2) is 63.9 Å². The number of benzene rings is 3. The van der Waals surface area contributed by atoms with Crippen molar-refractivity contribution in [1.82, 2.24) is 49.8 Å². The number of aromatic nitrogens is 10. The molecule has 0 saturated carbocycles. The van der Waals surface area contributed by atoms with Gasteiger partial charge in [0.05, 0.1) is 24.5 Å². The molecule has 7 heterocycles. The van der Waals surface area contributed by atoms with E-state index in [0.29, 0.717) is 47.7 Å². The SMILES string of the molecule is CCCCc1cc2c(cc1CCCC)-c1nc-2nc2[nH]c(nc3nc(nc4[nH]c(n1)c1cc(CCCC)c(CCCC)cc41)-c1cc(CCCC)c(CCCC)cc1-3)c(N(C)Cc1ccccn1)c2N(C)Cc1ccccn1. The summed E-state index contributed by atoms with van der Waals surface area (Å²) in [6.45, 7) is 14.7. The van der Waals surface area contributed by atoms with Crippen LogP contribution in [0.3, 0.4) is 0 Å². The van der Waals surface area contributed by atoms with E-state index in [9.17, 15) is 0 Å². The van der Waals surface area contributed by atoms with Crippen LogP contribution < -0.4 is 9.80 Å². The highest BCUT2D eigenvalue weighted by molar-refractivity contribution is 6.06. The molecule has 0 radical (unpaired) electrons. The van der Waals surface area contributed by atoms with Gasteiger partial charge in [0.15, 0.2) is 34.6 Å². The summed E-state index contributed by atoms with van der Waals surface area (Å²) in [5, 5.41) is 2.09. The van der Waals surface area contributed by atoms with E-state index in [4.69, 9.17) is 39.9 Å². The second kappa shape index (κ2) is 25.0. The number of aromatic amines is 2. The Morgan fingerprint density at radius 3 is 0.949 bits per heavy atom. The monoisotopic (exact) mass is 1040 g/mol. The lowest BCUT2D eigenvalue weighted by Gasteiger charge is -2.25. The predicted molar refractivity (Wildman–Crippen MR) is 323 cm³/mol. The predicted octanol–water partition coefficient (Wildman–Crippen LogP) is 15.8. The van der Waals surface area contributed by atoms with E-state index in [1.54, 1.807) is 0 Å². The molecule has 0 aliphatic carbocycles. The zero-order chi connectivity index (χ0) is 54.1. The quantitative estimate of drug-likeness (QED) is 0.0601. The van der Waals surface area contributed by atoms with E-state index in [0.717, 1.165) is 183 Å². The Kier molecular flexibility index (Phi) is 17.3. The average molecular weight is 1040 g/mol. The third-order valence-electron chi connectivity index (χ3n) is 15.7. The molecule has 0 spiro atoms. The van der Waals surface area contributed by atoms with Crippen LogP contribution >= 0.6 is 0 Å². The molecule has 5 aromatic heterocycles. The van der Waals surface area contributed by atoms with E-state index in [-0.39, 0.29) is 0 Å². The van der Waals surface area contributed by atoms with Gasteiger partial charge in [-0.15, -0.1) is 0 Å². The Balaban J connectivity index is 1.36. The lowest BCUT2D eigenvalue weighted by Crippen LogP contribution is -2.23. The van der Waals surface area contributed by atoms with Crippen LogP contribution in [0.2, 0.25) is 0 Å². The molecule has 0 atom stereocenters. The fourth-order valence-electron chi connectivity index (χ4n) is 11.4. The molecule has 404 valence electrons. The molecule has 2 aliphatic heterocycles. The third-order valence-corrected chi connectivity index (χ3v) is 15.7. The smallest absolute Gasteiger partial charge is 0.164 e. The number of anilines is 2. The summed E-state index contributed by atoms with van der Waals surface area (Å²) in [7, 11) is 4.23. The highest BCUT2D eigenvalue weighted by Gasteiger charge is 2.28. The summed E-state index contributed by atoms with van der Waals surface area (Å²) in [6.07, 6.45) is 23.1. The number of rotatable bonds is 24. The second-order valence-electron chi connectivity index (χ2n) is 21.8. The molecule has 12 nitrogen and oxygen atoms in total. The van der Waals surface area contributed by atoms with Gasteiger partial charge in [-0.05, 0) is 171 Å². The van der Waals surface area contributed by atoms with Gasteiger partial charge in [-0.2, -0.15) is 0 Å². The van der Waals surface area contributed by atoms with Crippen LogP contribution in [0.5, 0.6) is 0 Å². The maximum atomic E-state index is 5.68. The number of unbranched alkanes of at least 4 members (excludes halogenated alkanes) is 6. The van der Waals surface area contributed by atoms with Gasteiger partial charge in [0.25, 0.3) is 0 Å². The molecule has 0 saturated heterocycles. The van der Waals surface area contributed by atoms with E-state index >= 15 is 0 Å². The van der Waals surface area contributed by atoms with Crippen LogP contribution in [-0.2, 0) is 51.6 Å². The molecule has 12 heteroatoms. The molecule has 3 aromatic carbocycles. The second-order valence-corrected chi connectivity index (χ2v) is 21.8. The standard InChI is InChI=1S/C66H80N12/c1-9-15-25-43-35-51-52(36-44(43)26-16-10-2)60-69-59(51)70-61-53-37-45(27-17-11-3)47(29-19-13-5)39-55(53)63(72-61)74-65-57(77(7)41-49-31-21-23-33-67-49)58(78(8)42-50-32-22-24-34-68-50)66(76-65)75-64-56-40-48(30-20-14-6)46(28-18-12-4)38-54(56)62(71-60)73-64/h21-24,31-40H,9-20,25-30,41-42H2,1-8H3,(H2,69,70,71,72,73,74,75,76). The lowest BCUT2D eigenvalue weighted by atomic mass is 9.92. The van der Waals surface area contributed by atoms with Crippen molar-refractivity contribution < 1.29 is 0 Å². The summed E-state index contributed by atoms with van der Waals surface area (Å²) in [4.78, 5) is 55.4. The Labute approximate surface area is 462 Å². The Hall–Kier alpha value is -7.34. The van der Waals surface area contributed by atoms with Gasteiger partial charge >= 0.3 is 0 Å². The van der Waals surface area contributed by atoms with E-state index in [1.165, 1.54) is 33.4 Å². The maximum absolute atomic E-state index is 5.68. The van der Waals surface area contributed by atoms with Gasteiger partial charge < -0.3 is 19.8 Å². The van der Waals surface area contributed by atoms with Crippen LogP contribution in [0, 0.1) is 0 Å². The number of hydrogen-bond donors (Lipinski definition) is 2. The molecule has 0 unspecified atom stereocenters. The minimum Gasteiger partial charge on any atom is -0.364 e. The van der Waals surface area contributed by atoms with Gasteiger partial charge in [0.2, 0.25) is 0 Å². The molecule has 10 rings (SSSR count). The molecule has 8 bridgehead atoms. The topological polar surface area (TPSA) is 141 Å². The van der Waals surface area contributed by atoms with Gasteiger partial charge in [-0.1, -0.05) is 92.2 Å². The fourth-order valence-corrected chi connectivity index (χ4v) is 11.4. The summed E-state index contributed by atoms with van der Waals surface area (Å²) < 4.78 is 0. The number of nitrogens with one attached hydrogen (secondary N) is 2. The highest BCUT2D eigenvalue weighted by atomic mass is 15.2. The van der Waals surface area contributed by atoms with Crippen LogP contribution in [0.15, 0.2) is 85.2 Å². The lowest BCUT2D eigenvalue weighted by molar-refractivity contribution is 0.758. The number of pyridine rings is 2. The van der Waals surface area contributed by atoms with E-state index in [1.807, 2.05) is 36.7 Å². The highest BCUT2D eigenvalue weighted by Crippen LogP contribution is 2.43. The third kappa shape index (κ3) is 11.6. The Bertz CT molecular complexity index is 3310. The van der Waals surface area contributed by atoms with Crippen molar-refractivity contribution in [3.05, 3.63) is 130 Å². The summed E-state index contributed by atoms with van der Waals surface area (Å²) in [6, 6.07) is 26.5. The zero-order valence-corrected chi connectivity index (χ0v) is 47.7. The van der Waals surface area contributed by atoms with Crippen molar-refractivity contribution in [2.75, 3.05) is 23.9 Å². The van der Waals surface area contributed by atoms with Crippen molar-refractivity contribution in [3.63, 3.8) is 0 Å². The number of H-pyrrole nitrogens is 2. The van der Waals surface area contributed by atoms with Gasteiger partial charge in [-0.3, -0.25) is 9.97 Å². The Morgan fingerprint density at radius 2 is 0.654 bits per heavy atom. The van der Waals surface area contributed by atoms with Crippen molar-refractivity contribution in [1.29, 1.82) is 0 Å². The molecule has 0 fully saturated rings. The molecule has 8 aromatic rings. The summed E-state index contributed by atoms with van der Waals surface area (Å²) in [5.41, 5.74) is 18.5. The molecular weight excluding hydrogens is 961 g/mol. The van der Waals surface area contributed by atoms with Crippen molar-refractivity contribution in [2.24, 2.45) is 0 Å². The molecule has 2 N–H and O–H groups in total. The Morgan fingerprint density at radius 1 is 0.359 bits per heavy atom. The van der Waals surface area contributed by atoms with Crippen molar-refractivity contribution in [3.8, 4) is 45.6 Å². The first-order chi connectivity index (χ1) is 38.2. The van der Waals surface area contributed by atoms with Crippen LogP contribution in [0.25, 0.3) is 78.9 Å². The number of nitrogens with zero attached hydrogens (tertiary/aromatic N) is 10. The van der Waals surface area contributed by atoms with Crippen LogP contribution in [0.1, 0.15) is 163 Å². The van der Waals surface area contributed by atoms with E-state index in [2.05, 4.69) is 124 Å². The fraction of sp³-hybridized carbons (Fsp3) is 0.424. The van der Waals surface area contributed by atoms with Crippen molar-refractivity contribution >= 4 is 44.7 Å². The largest absolute Gasteiger partial charge is 0.364 e. The summed E-state index contributed by atoms with van der Waals surface area (Å²) >= 11 is 0. The summed E-state index contributed by atoms with van der Waals surface area (Å²) in [5.74, 6) is 2.50. The first-order valence-corrected chi connectivity index (χ1v) is 29.5. The van der Waals surface area contributed by atoms with Gasteiger partial charge in [0.1, 0.15) is 22.7 Å². The normalized spacial score (nSPS) is 11.8. The average Bonchev–Trinajstić information content (AvgIpc) is 4.32. The van der Waals surface area contributed by atoms with Gasteiger partial charge in [0, 0.05) is 59.5 Å².